The molecule has 1 aromatic heterocycles. The number of carbonyl (C=O) groups excluding carboxylic acids is 3. The van der Waals surface area contributed by atoms with Gasteiger partial charge in [0, 0.05) is 17.5 Å². The molecule has 3 aromatic carbocycles. The maximum atomic E-state index is 13.4. The number of benzene rings is 3. The van der Waals surface area contributed by atoms with Crippen LogP contribution < -0.4 is 16.0 Å². The Morgan fingerprint density at radius 3 is 2.51 bits per heavy atom. The number of hydrogen-bond acceptors (Lipinski definition) is 4. The number of urea groups is 1. The van der Waals surface area contributed by atoms with Crippen molar-refractivity contribution in [3.63, 3.8) is 0 Å². The molecule has 0 aliphatic carbocycles. The van der Waals surface area contributed by atoms with E-state index in [9.17, 15) is 18.8 Å². The number of nitrogens with one attached hydrogen (secondary N) is 3. The molecule has 3 N–H and O–H groups in total. The molecular weight excluding hydrogens is 447 g/mol. The minimum atomic E-state index is -1.18. The predicted molar refractivity (Wildman–Crippen MR) is 129 cm³/mol. The minimum absolute atomic E-state index is 0.209. The number of carbonyl (C=O) groups is 3. The quantitative estimate of drug-likeness (QED) is 0.385. The molecule has 0 spiro atoms. The summed E-state index contributed by atoms with van der Waals surface area (Å²) in [4.78, 5) is 41.8. The van der Waals surface area contributed by atoms with Gasteiger partial charge in [0.1, 0.15) is 11.4 Å². The van der Waals surface area contributed by atoms with E-state index in [1.807, 2.05) is 30.3 Å². The molecule has 5 rings (SSSR count). The first-order valence-electron chi connectivity index (χ1n) is 11.0. The Hall–Kier alpha value is -4.59. The zero-order chi connectivity index (χ0) is 24.6. The van der Waals surface area contributed by atoms with E-state index in [2.05, 4.69) is 20.9 Å². The molecule has 1 fully saturated rings. The molecule has 174 valence electrons. The van der Waals surface area contributed by atoms with Crippen molar-refractivity contribution in [1.29, 1.82) is 0 Å². The van der Waals surface area contributed by atoms with Crippen molar-refractivity contribution in [2.45, 2.75) is 19.0 Å². The van der Waals surface area contributed by atoms with Gasteiger partial charge < -0.3 is 10.6 Å². The third-order valence-electron chi connectivity index (χ3n) is 6.10. The number of rotatable bonds is 5. The van der Waals surface area contributed by atoms with E-state index in [0.717, 1.165) is 5.56 Å². The molecule has 2 heterocycles. The van der Waals surface area contributed by atoms with Gasteiger partial charge in [0.2, 0.25) is 0 Å². The van der Waals surface area contributed by atoms with Crippen molar-refractivity contribution in [1.82, 2.24) is 20.9 Å². The van der Waals surface area contributed by atoms with Crippen molar-refractivity contribution in [2.75, 3.05) is 0 Å². The van der Waals surface area contributed by atoms with Gasteiger partial charge in [-0.05, 0) is 54.4 Å². The number of nitrogens with zero attached hydrogens (tertiary/aromatic N) is 1. The number of hydrogen-bond donors (Lipinski definition) is 3. The van der Waals surface area contributed by atoms with Gasteiger partial charge in [-0.15, -0.1) is 0 Å². The van der Waals surface area contributed by atoms with Crippen molar-refractivity contribution in [3.8, 4) is 11.3 Å². The van der Waals surface area contributed by atoms with E-state index in [1.54, 1.807) is 43.3 Å². The van der Waals surface area contributed by atoms with Crippen LogP contribution in [0, 0.1) is 5.82 Å². The van der Waals surface area contributed by atoms with Crippen LogP contribution in [0.15, 0.2) is 78.9 Å². The van der Waals surface area contributed by atoms with E-state index in [1.165, 1.54) is 12.1 Å². The van der Waals surface area contributed by atoms with Crippen LogP contribution >= 0.6 is 0 Å². The van der Waals surface area contributed by atoms with Gasteiger partial charge >= 0.3 is 6.03 Å². The average Bonchev–Trinajstić information content (AvgIpc) is 3.14. The van der Waals surface area contributed by atoms with Gasteiger partial charge in [-0.3, -0.25) is 14.9 Å². The van der Waals surface area contributed by atoms with Crippen molar-refractivity contribution in [2.24, 2.45) is 0 Å². The van der Waals surface area contributed by atoms with Gasteiger partial charge in [0.15, 0.2) is 0 Å². The van der Waals surface area contributed by atoms with Crippen molar-refractivity contribution in [3.05, 3.63) is 101 Å². The first kappa shape index (κ1) is 22.2. The van der Waals surface area contributed by atoms with Gasteiger partial charge in [-0.2, -0.15) is 0 Å². The maximum Gasteiger partial charge on any atom is 0.322 e. The summed E-state index contributed by atoms with van der Waals surface area (Å²) in [6, 6.07) is 21.6. The van der Waals surface area contributed by atoms with Crippen LogP contribution in [0.5, 0.6) is 0 Å². The molecule has 4 aromatic rings. The Morgan fingerprint density at radius 1 is 1.00 bits per heavy atom. The summed E-state index contributed by atoms with van der Waals surface area (Å²) in [7, 11) is 0. The van der Waals surface area contributed by atoms with Crippen LogP contribution in [-0.2, 0) is 16.9 Å². The molecule has 7 nitrogen and oxygen atoms in total. The molecule has 35 heavy (non-hydrogen) atoms. The number of fused-ring (bicyclic) bond motifs is 1. The predicted octanol–water partition coefficient (Wildman–Crippen LogP) is 4.03. The lowest BCUT2D eigenvalue weighted by molar-refractivity contribution is -0.123. The van der Waals surface area contributed by atoms with E-state index >= 15 is 0 Å². The van der Waals surface area contributed by atoms with Gasteiger partial charge in [0.05, 0.1) is 16.8 Å². The highest BCUT2D eigenvalue weighted by atomic mass is 19.1. The molecule has 0 radical (unpaired) electrons. The smallest absolute Gasteiger partial charge is 0.322 e. The zero-order valence-electron chi connectivity index (χ0n) is 18.8. The maximum absolute atomic E-state index is 13.4. The Bertz CT molecular complexity index is 1490. The number of pyridine rings is 1. The number of amides is 4. The Morgan fingerprint density at radius 2 is 1.77 bits per heavy atom. The third kappa shape index (κ3) is 4.21. The Kier molecular flexibility index (Phi) is 5.49. The number of aromatic nitrogens is 1. The summed E-state index contributed by atoms with van der Waals surface area (Å²) in [5.74, 6) is -1.08. The summed E-state index contributed by atoms with van der Waals surface area (Å²) in [5, 5.41) is 8.52. The molecule has 0 saturated carbocycles. The summed E-state index contributed by atoms with van der Waals surface area (Å²) in [5.41, 5.74) is 2.56. The van der Waals surface area contributed by atoms with E-state index in [-0.39, 0.29) is 18.3 Å². The molecule has 1 aliphatic heterocycles. The second-order valence-electron chi connectivity index (χ2n) is 8.50. The van der Waals surface area contributed by atoms with Crippen LogP contribution in [0.1, 0.15) is 28.4 Å². The number of halogens is 1. The fourth-order valence-electron chi connectivity index (χ4n) is 4.15. The second kappa shape index (κ2) is 8.64. The normalized spacial score (nSPS) is 17.2. The summed E-state index contributed by atoms with van der Waals surface area (Å²) in [6.07, 6.45) is 0. The number of para-hydroxylation sites is 1. The lowest BCUT2D eigenvalue weighted by Gasteiger charge is -2.21. The molecule has 0 bridgehead atoms. The Balaban J connectivity index is 1.42. The summed E-state index contributed by atoms with van der Waals surface area (Å²) < 4.78 is 13.4. The van der Waals surface area contributed by atoms with Crippen LogP contribution in [0.2, 0.25) is 0 Å². The summed E-state index contributed by atoms with van der Waals surface area (Å²) in [6.45, 7) is 1.84. The van der Waals surface area contributed by atoms with E-state index in [4.69, 9.17) is 0 Å². The highest BCUT2D eigenvalue weighted by Gasteiger charge is 2.43. The van der Waals surface area contributed by atoms with E-state index < -0.39 is 17.5 Å². The SMILES string of the molecule is CC1(c2cccc(CNC(=O)c3cc(-c4ccc(F)cc4)nc4ccccc34)c2)NC(=O)NC1=O. The fourth-order valence-corrected chi connectivity index (χ4v) is 4.15. The first-order valence-corrected chi connectivity index (χ1v) is 11.0. The van der Waals surface area contributed by atoms with Crippen molar-refractivity contribution >= 4 is 28.7 Å². The van der Waals surface area contributed by atoms with Crippen LogP contribution in [0.25, 0.3) is 22.2 Å². The van der Waals surface area contributed by atoms with Crippen molar-refractivity contribution < 1.29 is 18.8 Å². The molecule has 1 aliphatic rings. The fraction of sp³-hybridized carbons (Fsp3) is 0.111. The molecular formula is C27H21FN4O3. The topological polar surface area (TPSA) is 100 Å². The standard InChI is InChI=1S/C27H21FN4O3/c1-27(25(34)31-26(35)32-27)18-6-4-5-16(13-18)15-29-24(33)21-14-23(17-9-11-19(28)12-10-17)30-22-8-3-2-7-20(21)22/h2-14H,15H2,1H3,(H,29,33)(H2,31,32,34,35). The number of imide groups is 1. The average molecular weight is 468 g/mol. The molecule has 1 saturated heterocycles. The molecule has 1 unspecified atom stereocenters. The highest BCUT2D eigenvalue weighted by molar-refractivity contribution is 6.08. The zero-order valence-corrected chi connectivity index (χ0v) is 18.8. The second-order valence-corrected chi connectivity index (χ2v) is 8.50. The molecule has 4 amide bonds. The van der Waals surface area contributed by atoms with E-state index in [0.29, 0.717) is 33.3 Å². The van der Waals surface area contributed by atoms with Crippen LogP contribution in [-0.4, -0.2) is 22.8 Å². The van der Waals surface area contributed by atoms with Crippen LogP contribution in [0.3, 0.4) is 0 Å². The van der Waals surface area contributed by atoms with Gasteiger partial charge in [-0.25, -0.2) is 14.2 Å². The van der Waals surface area contributed by atoms with Gasteiger partial charge in [-0.1, -0.05) is 42.5 Å². The highest BCUT2D eigenvalue weighted by Crippen LogP contribution is 2.27. The Labute approximate surface area is 200 Å². The third-order valence-corrected chi connectivity index (χ3v) is 6.10. The lowest BCUT2D eigenvalue weighted by Crippen LogP contribution is -2.40. The lowest BCUT2D eigenvalue weighted by atomic mass is 9.91. The minimum Gasteiger partial charge on any atom is -0.348 e. The van der Waals surface area contributed by atoms with Gasteiger partial charge in [0.25, 0.3) is 11.8 Å². The largest absolute Gasteiger partial charge is 0.348 e. The first-order chi connectivity index (χ1) is 16.8. The summed E-state index contributed by atoms with van der Waals surface area (Å²) >= 11 is 0. The monoisotopic (exact) mass is 468 g/mol. The van der Waals surface area contributed by atoms with Crippen LogP contribution in [0.4, 0.5) is 9.18 Å². The molecule has 1 atom stereocenters. The molecule has 8 heteroatoms.